The van der Waals surface area contributed by atoms with Crippen molar-refractivity contribution in [2.75, 3.05) is 7.11 Å². The van der Waals surface area contributed by atoms with Crippen LogP contribution < -0.4 is 4.74 Å². The third-order valence-electron chi connectivity index (χ3n) is 2.21. The van der Waals surface area contributed by atoms with Crippen LogP contribution in [-0.2, 0) is 9.53 Å². The molecule has 0 aliphatic carbocycles. The Morgan fingerprint density at radius 2 is 2.06 bits per heavy atom. The van der Waals surface area contributed by atoms with Crippen LogP contribution in [0.2, 0.25) is 0 Å². The molecule has 0 bridgehead atoms. The quantitative estimate of drug-likeness (QED) is 0.565. The van der Waals surface area contributed by atoms with E-state index in [0.29, 0.717) is 6.42 Å². The summed E-state index contributed by atoms with van der Waals surface area (Å²) in [5.41, 5.74) is 0.887. The van der Waals surface area contributed by atoms with Gasteiger partial charge < -0.3 is 9.47 Å². The molecule has 0 radical (unpaired) electrons. The number of carbonyl (C=O) groups excluding carboxylic acids is 1. The third kappa shape index (κ3) is 3.12. The third-order valence-corrected chi connectivity index (χ3v) is 2.21. The zero-order valence-corrected chi connectivity index (χ0v) is 9.60. The van der Waals surface area contributed by atoms with Crippen LogP contribution in [0.1, 0.15) is 25.0 Å². The van der Waals surface area contributed by atoms with E-state index in [-0.39, 0.29) is 5.97 Å². The van der Waals surface area contributed by atoms with Crippen LogP contribution in [0.25, 0.3) is 0 Å². The van der Waals surface area contributed by atoms with Crippen molar-refractivity contribution in [1.29, 1.82) is 0 Å². The Labute approximate surface area is 95.7 Å². The van der Waals surface area contributed by atoms with E-state index >= 15 is 0 Å². The monoisotopic (exact) mass is 220 g/mol. The van der Waals surface area contributed by atoms with Crippen molar-refractivity contribution in [3.8, 4) is 5.75 Å². The van der Waals surface area contributed by atoms with Gasteiger partial charge in [0.15, 0.2) is 0 Å². The molecule has 0 unspecified atom stereocenters. The minimum absolute atomic E-state index is 0.235. The summed E-state index contributed by atoms with van der Waals surface area (Å²) in [6, 6.07) is 7.36. The van der Waals surface area contributed by atoms with Crippen LogP contribution in [0.3, 0.4) is 0 Å². The number of methoxy groups -OCH3 is 1. The maximum atomic E-state index is 11.2. The van der Waals surface area contributed by atoms with Crippen LogP contribution in [0, 0.1) is 0 Å². The molecule has 0 aliphatic heterocycles. The van der Waals surface area contributed by atoms with Crippen LogP contribution in [0.5, 0.6) is 5.75 Å². The Hall–Kier alpha value is -1.77. The molecule has 16 heavy (non-hydrogen) atoms. The molecule has 0 amide bonds. The summed E-state index contributed by atoms with van der Waals surface area (Å²) < 4.78 is 10.3. The van der Waals surface area contributed by atoms with Crippen LogP contribution in [0.15, 0.2) is 36.9 Å². The number of hydrogen-bond donors (Lipinski definition) is 0. The molecule has 3 heteroatoms. The largest absolute Gasteiger partial charge is 0.497 e. The molecule has 0 aliphatic rings. The molecule has 1 aromatic carbocycles. The highest BCUT2D eigenvalue weighted by Gasteiger charge is 2.11. The fourth-order valence-electron chi connectivity index (χ4n) is 1.27. The molecule has 86 valence electrons. The molecule has 0 spiro atoms. The first-order valence-corrected chi connectivity index (χ1v) is 5.17. The highest BCUT2D eigenvalue weighted by atomic mass is 16.5. The summed E-state index contributed by atoms with van der Waals surface area (Å²) in [5.74, 6) is 0.536. The van der Waals surface area contributed by atoms with Gasteiger partial charge in [0.1, 0.15) is 11.9 Å². The maximum absolute atomic E-state index is 11.2. The first-order chi connectivity index (χ1) is 7.71. The number of ether oxygens (including phenoxy) is 2. The summed E-state index contributed by atoms with van der Waals surface area (Å²) in [6.07, 6.45) is 1.58. The van der Waals surface area contributed by atoms with E-state index in [1.807, 2.05) is 24.3 Å². The molecule has 1 atom stereocenters. The zero-order chi connectivity index (χ0) is 12.0. The van der Waals surface area contributed by atoms with Gasteiger partial charge in [0.25, 0.3) is 0 Å². The van der Waals surface area contributed by atoms with Gasteiger partial charge in [0.05, 0.1) is 7.11 Å². The Bertz CT molecular complexity index is 354. The first-order valence-electron chi connectivity index (χ1n) is 5.17. The molecule has 0 saturated carbocycles. The lowest BCUT2D eigenvalue weighted by Crippen LogP contribution is -2.08. The molecule has 0 aromatic heterocycles. The van der Waals surface area contributed by atoms with E-state index in [1.165, 1.54) is 0 Å². The zero-order valence-electron chi connectivity index (χ0n) is 9.60. The van der Waals surface area contributed by atoms with Gasteiger partial charge >= 0.3 is 5.97 Å². The van der Waals surface area contributed by atoms with Crippen molar-refractivity contribution in [2.24, 2.45) is 0 Å². The number of hydrogen-bond acceptors (Lipinski definition) is 3. The lowest BCUT2D eigenvalue weighted by molar-refractivity contribution is -0.146. The number of benzene rings is 1. The van der Waals surface area contributed by atoms with Gasteiger partial charge in [-0.05, 0) is 23.8 Å². The normalized spacial score (nSPS) is 11.6. The summed E-state index contributed by atoms with van der Waals surface area (Å²) in [4.78, 5) is 11.2. The van der Waals surface area contributed by atoms with E-state index in [2.05, 4.69) is 6.58 Å². The van der Waals surface area contributed by atoms with Crippen molar-refractivity contribution in [1.82, 2.24) is 0 Å². The molecule has 1 rings (SSSR count). The van der Waals surface area contributed by atoms with Crippen LogP contribution in [-0.4, -0.2) is 13.1 Å². The summed E-state index contributed by atoms with van der Waals surface area (Å²) in [5, 5.41) is 0. The summed E-state index contributed by atoms with van der Waals surface area (Å²) in [6.45, 7) is 5.42. The van der Waals surface area contributed by atoms with E-state index in [9.17, 15) is 4.79 Å². The second-order valence-electron chi connectivity index (χ2n) is 3.27. The Balaban J connectivity index is 2.78. The molecule has 3 nitrogen and oxygen atoms in total. The topological polar surface area (TPSA) is 35.5 Å². The van der Waals surface area contributed by atoms with Gasteiger partial charge in [-0.1, -0.05) is 25.6 Å². The molecule has 1 aromatic rings. The second-order valence-corrected chi connectivity index (χ2v) is 3.27. The number of carbonyl (C=O) groups is 1. The average Bonchev–Trinajstić information content (AvgIpc) is 2.35. The summed E-state index contributed by atoms with van der Waals surface area (Å²) in [7, 11) is 1.61. The molecule has 0 fully saturated rings. The molecular weight excluding hydrogens is 204 g/mol. The number of esters is 1. The fourth-order valence-corrected chi connectivity index (χ4v) is 1.27. The smallest absolute Gasteiger partial charge is 0.306 e. The number of rotatable bonds is 5. The fraction of sp³-hybridized carbons (Fsp3) is 0.308. The predicted octanol–water partition coefficient (Wildman–Crippen LogP) is 2.88. The average molecular weight is 220 g/mol. The minimum Gasteiger partial charge on any atom is -0.497 e. The summed E-state index contributed by atoms with van der Waals surface area (Å²) >= 11 is 0. The van der Waals surface area contributed by atoms with Gasteiger partial charge in [-0.25, -0.2) is 0 Å². The highest BCUT2D eigenvalue weighted by molar-refractivity contribution is 5.69. The molecular formula is C13H16O3. The van der Waals surface area contributed by atoms with Gasteiger partial charge in [-0.15, -0.1) is 0 Å². The van der Waals surface area contributed by atoms with Crippen molar-refractivity contribution in [2.45, 2.75) is 19.4 Å². The van der Waals surface area contributed by atoms with Gasteiger partial charge in [0, 0.05) is 6.42 Å². The minimum atomic E-state index is -0.390. The first kappa shape index (κ1) is 12.3. The van der Waals surface area contributed by atoms with Crippen LogP contribution >= 0.6 is 0 Å². The SMILES string of the molecule is C=C[C@@H](OC(=O)CC)c1ccc(OC)cc1. The van der Waals surface area contributed by atoms with E-state index in [4.69, 9.17) is 9.47 Å². The maximum Gasteiger partial charge on any atom is 0.306 e. The van der Waals surface area contributed by atoms with Crippen molar-refractivity contribution in [3.05, 3.63) is 42.5 Å². The van der Waals surface area contributed by atoms with Crippen molar-refractivity contribution < 1.29 is 14.3 Å². The van der Waals surface area contributed by atoms with Gasteiger partial charge in [-0.2, -0.15) is 0 Å². The Kier molecular flexibility index (Phi) is 4.58. The molecule has 0 N–H and O–H groups in total. The Morgan fingerprint density at radius 1 is 1.44 bits per heavy atom. The van der Waals surface area contributed by atoms with E-state index in [0.717, 1.165) is 11.3 Å². The molecule has 0 heterocycles. The molecule has 0 saturated heterocycles. The van der Waals surface area contributed by atoms with Crippen molar-refractivity contribution >= 4 is 5.97 Å². The lowest BCUT2D eigenvalue weighted by Gasteiger charge is -2.14. The predicted molar refractivity (Wildman–Crippen MR) is 62.3 cm³/mol. The van der Waals surface area contributed by atoms with Gasteiger partial charge in [0.2, 0.25) is 0 Å². The highest BCUT2D eigenvalue weighted by Crippen LogP contribution is 2.21. The van der Waals surface area contributed by atoms with E-state index in [1.54, 1.807) is 20.1 Å². The standard InChI is InChI=1S/C13H16O3/c1-4-12(16-13(14)5-2)10-6-8-11(15-3)9-7-10/h4,6-9,12H,1,5H2,2-3H3/t12-/m1/s1. The second kappa shape index (κ2) is 5.95. The lowest BCUT2D eigenvalue weighted by atomic mass is 10.1. The van der Waals surface area contributed by atoms with Crippen LogP contribution in [0.4, 0.5) is 0 Å². The van der Waals surface area contributed by atoms with Gasteiger partial charge in [-0.3, -0.25) is 4.79 Å². The van der Waals surface area contributed by atoms with E-state index < -0.39 is 6.10 Å². The Morgan fingerprint density at radius 3 is 2.50 bits per heavy atom. The van der Waals surface area contributed by atoms with Crippen molar-refractivity contribution in [3.63, 3.8) is 0 Å².